The van der Waals surface area contributed by atoms with Gasteiger partial charge in [-0.15, -0.1) is 0 Å². The number of hydrogen-bond acceptors (Lipinski definition) is 3. The van der Waals surface area contributed by atoms with Crippen LogP contribution in [0, 0.1) is 0 Å². The van der Waals surface area contributed by atoms with E-state index in [2.05, 4.69) is 35.1 Å². The fourth-order valence-corrected chi connectivity index (χ4v) is 0.213. The summed E-state index contributed by atoms with van der Waals surface area (Å²) in [5.41, 5.74) is 0. The molecule has 0 saturated carbocycles. The van der Waals surface area contributed by atoms with Gasteiger partial charge in [0.15, 0.2) is 5.82 Å². The molecule has 0 bridgehead atoms. The Morgan fingerprint density at radius 2 is 1.62 bits per heavy atom. The highest BCUT2D eigenvalue weighted by Crippen LogP contribution is 1.93. The Balaban J connectivity index is 4.05. The molecular weight excluding hydrogens is 102 g/mol. The summed E-state index contributed by atoms with van der Waals surface area (Å²) in [6.07, 6.45) is 1.38. The van der Waals surface area contributed by atoms with Crippen molar-refractivity contribution in [2.45, 2.75) is 0 Å². The van der Waals surface area contributed by atoms with Crippen LogP contribution in [0.1, 0.15) is 0 Å². The summed E-state index contributed by atoms with van der Waals surface area (Å²) in [6.45, 7) is 9.62. The Kier molecular flexibility index (Phi) is 3.31. The minimum Gasteiger partial charge on any atom is -0.269 e. The van der Waals surface area contributed by atoms with Crippen molar-refractivity contribution in [1.82, 2.24) is 0 Å². The van der Waals surface area contributed by atoms with Gasteiger partial charge in [0.1, 0.15) is 0 Å². The first-order valence-corrected chi connectivity index (χ1v) is 1.94. The molecule has 0 aromatic carbocycles. The average molecular weight is 109 g/mol. The summed E-state index contributed by atoms with van der Waals surface area (Å²) in [4.78, 5) is 10.3. The Bertz CT molecular complexity index is 125. The Hall–Kier alpha value is -1.25. The average Bonchev–Trinajstić information content (AvgIpc) is 1.83. The molecule has 42 valence electrons. The Labute approximate surface area is 48.2 Å². The predicted molar refractivity (Wildman–Crippen MR) is 36.7 cm³/mol. The third-order valence-electron chi connectivity index (χ3n) is 0.531. The zero-order valence-electron chi connectivity index (χ0n) is 4.54. The molecule has 0 fully saturated rings. The molecule has 0 aromatic rings. The first-order valence-electron chi connectivity index (χ1n) is 1.94. The van der Waals surface area contributed by atoms with E-state index in [9.17, 15) is 0 Å². The van der Waals surface area contributed by atoms with Gasteiger partial charge < -0.3 is 0 Å². The quantitative estimate of drug-likeness (QED) is 0.482. The van der Waals surface area contributed by atoms with E-state index < -0.39 is 0 Å². The molecule has 0 unspecified atom stereocenters. The van der Waals surface area contributed by atoms with Crippen LogP contribution in [0.2, 0.25) is 0 Å². The fourth-order valence-electron chi connectivity index (χ4n) is 0.213. The maximum absolute atomic E-state index is 3.44. The van der Waals surface area contributed by atoms with E-state index in [1.54, 1.807) is 0 Å². The minimum absolute atomic E-state index is 0.389. The van der Waals surface area contributed by atoms with Crippen LogP contribution in [0.25, 0.3) is 0 Å². The normalized spacial score (nSPS) is 7.00. The van der Waals surface area contributed by atoms with E-state index in [0.29, 0.717) is 5.82 Å². The molecule has 0 aromatic heterocycles. The second-order valence-electron chi connectivity index (χ2n) is 0.986. The van der Waals surface area contributed by atoms with Gasteiger partial charge in [0.05, 0.1) is 6.20 Å². The van der Waals surface area contributed by atoms with Crippen LogP contribution in [0.5, 0.6) is 0 Å². The predicted octanol–water partition coefficient (Wildman–Crippen LogP) is 0.887. The standard InChI is InChI=1S/C5H7N3/c1-6-4-5(7-2)8-3/h4H,1-3H2. The summed E-state index contributed by atoms with van der Waals surface area (Å²) < 4.78 is 0. The van der Waals surface area contributed by atoms with Gasteiger partial charge in [-0.25, -0.2) is 9.98 Å². The molecule has 0 heterocycles. The molecule has 0 radical (unpaired) electrons. The van der Waals surface area contributed by atoms with Crippen LogP contribution in [-0.2, 0) is 0 Å². The monoisotopic (exact) mass is 109 g/mol. The van der Waals surface area contributed by atoms with Crippen molar-refractivity contribution in [1.29, 1.82) is 0 Å². The van der Waals surface area contributed by atoms with Crippen LogP contribution < -0.4 is 0 Å². The van der Waals surface area contributed by atoms with Gasteiger partial charge in [-0.05, 0) is 20.2 Å². The molecule has 8 heavy (non-hydrogen) atoms. The van der Waals surface area contributed by atoms with Crippen molar-refractivity contribution in [3.8, 4) is 0 Å². The molecule has 0 aliphatic rings. The Morgan fingerprint density at radius 1 is 1.12 bits per heavy atom. The first-order chi connectivity index (χ1) is 3.85. The van der Waals surface area contributed by atoms with E-state index in [4.69, 9.17) is 0 Å². The lowest BCUT2D eigenvalue weighted by Crippen LogP contribution is -1.65. The summed E-state index contributed by atoms with van der Waals surface area (Å²) in [5.74, 6) is 0.389. The topological polar surface area (TPSA) is 37.1 Å². The van der Waals surface area contributed by atoms with E-state index in [-0.39, 0.29) is 0 Å². The number of rotatable bonds is 3. The van der Waals surface area contributed by atoms with Gasteiger partial charge in [-0.3, -0.25) is 4.99 Å². The molecule has 0 N–H and O–H groups in total. The van der Waals surface area contributed by atoms with Crippen LogP contribution in [-0.4, -0.2) is 20.2 Å². The fraction of sp³-hybridized carbons (Fsp3) is 0. The summed E-state index contributed by atoms with van der Waals surface area (Å²) in [6, 6.07) is 0. The molecule has 3 nitrogen and oxygen atoms in total. The van der Waals surface area contributed by atoms with Gasteiger partial charge in [0.2, 0.25) is 0 Å². The van der Waals surface area contributed by atoms with Crippen molar-refractivity contribution in [2.24, 2.45) is 15.0 Å². The lowest BCUT2D eigenvalue weighted by Gasteiger charge is -1.82. The van der Waals surface area contributed by atoms with Gasteiger partial charge in [0.25, 0.3) is 0 Å². The van der Waals surface area contributed by atoms with Crippen LogP contribution in [0.3, 0.4) is 0 Å². The maximum Gasteiger partial charge on any atom is 0.169 e. The van der Waals surface area contributed by atoms with Gasteiger partial charge in [0, 0.05) is 0 Å². The number of hydrogen-bond donors (Lipinski definition) is 0. The zero-order chi connectivity index (χ0) is 6.41. The highest BCUT2D eigenvalue weighted by molar-refractivity contribution is 5.35. The van der Waals surface area contributed by atoms with Gasteiger partial charge in [-0.2, -0.15) is 0 Å². The van der Waals surface area contributed by atoms with Crippen molar-refractivity contribution < 1.29 is 0 Å². The van der Waals surface area contributed by atoms with Crippen molar-refractivity contribution in [3.05, 3.63) is 12.0 Å². The second kappa shape index (κ2) is 3.92. The molecule has 0 atom stereocenters. The van der Waals surface area contributed by atoms with Crippen molar-refractivity contribution in [2.75, 3.05) is 0 Å². The summed E-state index contributed by atoms with van der Waals surface area (Å²) in [5, 5.41) is 0. The SMILES string of the molecule is C=NC=C(N=C)N=C. The molecule has 0 aliphatic heterocycles. The number of aliphatic imine (C=N–C) groups is 3. The van der Waals surface area contributed by atoms with Crippen molar-refractivity contribution in [3.63, 3.8) is 0 Å². The van der Waals surface area contributed by atoms with Gasteiger partial charge in [-0.1, -0.05) is 0 Å². The third kappa shape index (κ3) is 2.02. The van der Waals surface area contributed by atoms with Crippen LogP contribution >= 0.6 is 0 Å². The molecule has 0 spiro atoms. The van der Waals surface area contributed by atoms with Gasteiger partial charge >= 0.3 is 0 Å². The van der Waals surface area contributed by atoms with E-state index in [0.717, 1.165) is 0 Å². The minimum atomic E-state index is 0.389. The highest BCUT2D eigenvalue weighted by Gasteiger charge is 1.77. The summed E-state index contributed by atoms with van der Waals surface area (Å²) in [7, 11) is 0. The van der Waals surface area contributed by atoms with E-state index in [1.165, 1.54) is 6.20 Å². The van der Waals surface area contributed by atoms with E-state index >= 15 is 0 Å². The maximum atomic E-state index is 3.44. The first kappa shape index (κ1) is 6.75. The molecule has 0 saturated heterocycles. The zero-order valence-corrected chi connectivity index (χ0v) is 4.54. The van der Waals surface area contributed by atoms with E-state index in [1.807, 2.05) is 0 Å². The number of nitrogens with zero attached hydrogens (tertiary/aromatic N) is 3. The van der Waals surface area contributed by atoms with Crippen molar-refractivity contribution >= 4 is 20.2 Å². The Morgan fingerprint density at radius 3 is 1.75 bits per heavy atom. The largest absolute Gasteiger partial charge is 0.269 e. The molecule has 0 amide bonds. The highest BCUT2D eigenvalue weighted by atomic mass is 14.9. The van der Waals surface area contributed by atoms with Crippen LogP contribution in [0.4, 0.5) is 0 Å². The smallest absolute Gasteiger partial charge is 0.169 e. The molecule has 0 rings (SSSR count). The van der Waals surface area contributed by atoms with Crippen LogP contribution in [0.15, 0.2) is 27.0 Å². The lowest BCUT2D eigenvalue weighted by molar-refractivity contribution is 1.24. The second-order valence-corrected chi connectivity index (χ2v) is 0.986. The molecule has 0 aliphatic carbocycles. The third-order valence-corrected chi connectivity index (χ3v) is 0.531. The summed E-state index contributed by atoms with van der Waals surface area (Å²) >= 11 is 0. The molecule has 3 heteroatoms. The molecular formula is C5H7N3. The lowest BCUT2D eigenvalue weighted by atomic mass is 10.8.